The predicted molar refractivity (Wildman–Crippen MR) is 239 cm³/mol. The maximum atomic E-state index is 2.72. The zero-order valence-electron chi connectivity index (χ0n) is 32.5. The molecule has 7 aromatic rings. The van der Waals surface area contributed by atoms with E-state index in [-0.39, 0.29) is 17.5 Å². The number of para-hydroxylation sites is 3. The van der Waals surface area contributed by atoms with E-state index >= 15 is 0 Å². The number of fused-ring (bicyclic) bond motifs is 15. The molecule has 0 unspecified atom stereocenters. The van der Waals surface area contributed by atoms with Crippen LogP contribution in [-0.4, -0.2) is 6.71 Å². The average molecular weight is 733 g/mol. The van der Waals surface area contributed by atoms with Gasteiger partial charge in [0, 0.05) is 44.8 Å². The number of rotatable bonds is 2. The predicted octanol–water partition coefficient (Wildman–Crippen LogP) is 12.2. The summed E-state index contributed by atoms with van der Waals surface area (Å²) in [6.07, 6.45) is 12.6. The standard InChI is InChI=1S/C54H45BN2/c1-5-19-36(20-6-1)56-48-33-40-38-23-9-11-25-41(38)53(29-15-3-16-30-53)43(40)34-46(48)55-45-27-13-14-28-47(45)57(37-21-7-2-8-22-37)52-50-39-24-10-12-26-42(39)54(31-17-4-18-32-54)44(50)35-49(56)51(52)55/h1-2,5-14,19-28,33-35H,3-4,15-18,29-32H2. The smallest absolute Gasteiger partial charge is 0.252 e. The molecule has 6 aliphatic rings. The van der Waals surface area contributed by atoms with E-state index in [1.165, 1.54) is 143 Å². The van der Waals surface area contributed by atoms with Crippen LogP contribution in [0, 0.1) is 0 Å². The van der Waals surface area contributed by atoms with E-state index < -0.39 is 0 Å². The van der Waals surface area contributed by atoms with Crippen LogP contribution >= 0.6 is 0 Å². The molecule has 2 spiro atoms. The van der Waals surface area contributed by atoms with Crippen molar-refractivity contribution in [3.05, 3.63) is 174 Å². The van der Waals surface area contributed by atoms with Crippen LogP contribution < -0.4 is 26.2 Å². The molecule has 0 N–H and O–H groups in total. The van der Waals surface area contributed by atoms with E-state index in [1.54, 1.807) is 16.7 Å². The second kappa shape index (κ2) is 11.9. The van der Waals surface area contributed by atoms with Gasteiger partial charge >= 0.3 is 0 Å². The van der Waals surface area contributed by atoms with Gasteiger partial charge in [0.2, 0.25) is 0 Å². The Labute approximate surface area is 336 Å². The molecule has 2 nitrogen and oxygen atoms in total. The summed E-state index contributed by atoms with van der Waals surface area (Å²) < 4.78 is 0. The first-order valence-electron chi connectivity index (χ1n) is 21.7. The van der Waals surface area contributed by atoms with Crippen molar-refractivity contribution in [1.29, 1.82) is 0 Å². The van der Waals surface area contributed by atoms with Gasteiger partial charge in [-0.05, 0) is 123 Å². The van der Waals surface area contributed by atoms with Gasteiger partial charge in [-0.3, -0.25) is 0 Å². The molecule has 2 saturated carbocycles. The molecule has 0 aromatic heterocycles. The van der Waals surface area contributed by atoms with Crippen molar-refractivity contribution in [3.63, 3.8) is 0 Å². The molecule has 0 bridgehead atoms. The highest BCUT2D eigenvalue weighted by molar-refractivity contribution is 7.00. The van der Waals surface area contributed by atoms with E-state index in [9.17, 15) is 0 Å². The van der Waals surface area contributed by atoms with Gasteiger partial charge < -0.3 is 9.80 Å². The normalized spacial score (nSPS) is 18.4. The van der Waals surface area contributed by atoms with Gasteiger partial charge in [-0.2, -0.15) is 0 Å². The Kier molecular flexibility index (Phi) is 6.73. The number of hydrogen-bond donors (Lipinski definition) is 0. The van der Waals surface area contributed by atoms with Crippen molar-refractivity contribution < 1.29 is 0 Å². The van der Waals surface area contributed by atoms with Crippen molar-refractivity contribution in [2.45, 2.75) is 75.0 Å². The van der Waals surface area contributed by atoms with E-state index in [0.29, 0.717) is 0 Å². The van der Waals surface area contributed by atoms with Crippen molar-refractivity contribution >= 4 is 57.2 Å². The Morgan fingerprint density at radius 3 is 1.65 bits per heavy atom. The largest absolute Gasteiger partial charge is 0.311 e. The summed E-state index contributed by atoms with van der Waals surface area (Å²) in [7, 11) is 0. The van der Waals surface area contributed by atoms with Crippen LogP contribution in [-0.2, 0) is 10.8 Å². The van der Waals surface area contributed by atoms with Crippen LogP contribution in [0.15, 0.2) is 152 Å². The van der Waals surface area contributed by atoms with E-state index in [4.69, 9.17) is 0 Å². The molecule has 2 fully saturated rings. The molecular formula is C54H45BN2. The van der Waals surface area contributed by atoms with Crippen LogP contribution in [0.5, 0.6) is 0 Å². The van der Waals surface area contributed by atoms with Crippen LogP contribution in [0.4, 0.5) is 34.1 Å². The lowest BCUT2D eigenvalue weighted by Gasteiger charge is -2.46. The van der Waals surface area contributed by atoms with Crippen LogP contribution in [0.1, 0.15) is 86.5 Å². The Hall–Kier alpha value is -5.80. The lowest BCUT2D eigenvalue weighted by molar-refractivity contribution is 0.353. The van der Waals surface area contributed by atoms with Crippen molar-refractivity contribution in [2.24, 2.45) is 0 Å². The fourth-order valence-corrected chi connectivity index (χ4v) is 13.0. The second-order valence-electron chi connectivity index (χ2n) is 17.7. The lowest BCUT2D eigenvalue weighted by Crippen LogP contribution is -2.61. The summed E-state index contributed by atoms with van der Waals surface area (Å²) in [6.45, 7) is 0.0937. The van der Waals surface area contributed by atoms with Crippen molar-refractivity contribution in [2.75, 3.05) is 9.80 Å². The SMILES string of the molecule is c1ccc(N2c3cc4c(cc3B3c5ccccc5N(c5ccccc5)c5c3c2cc2c5-c3ccccc3C23CCCCC3)C2(CCCCC2)c2ccccc2-4)cc1. The molecule has 274 valence electrons. The zero-order valence-corrected chi connectivity index (χ0v) is 32.5. The van der Waals surface area contributed by atoms with Gasteiger partial charge in [0.15, 0.2) is 0 Å². The summed E-state index contributed by atoms with van der Waals surface area (Å²) in [4.78, 5) is 5.33. The van der Waals surface area contributed by atoms with Gasteiger partial charge in [-0.25, -0.2) is 0 Å². The number of anilines is 6. The molecule has 2 aliphatic heterocycles. The van der Waals surface area contributed by atoms with E-state index in [0.717, 1.165) is 0 Å². The zero-order chi connectivity index (χ0) is 37.3. The fourth-order valence-electron chi connectivity index (χ4n) is 13.0. The molecule has 2 heterocycles. The molecule has 3 heteroatoms. The highest BCUT2D eigenvalue weighted by Gasteiger charge is 2.52. The second-order valence-corrected chi connectivity index (χ2v) is 17.7. The quantitative estimate of drug-likeness (QED) is 0.163. The number of nitrogens with zero attached hydrogens (tertiary/aromatic N) is 2. The first kappa shape index (κ1) is 32.3. The maximum Gasteiger partial charge on any atom is 0.252 e. The highest BCUT2D eigenvalue weighted by Crippen LogP contribution is 2.62. The molecule has 4 aliphatic carbocycles. The number of hydrogen-bond acceptors (Lipinski definition) is 2. The summed E-state index contributed by atoms with van der Waals surface area (Å²) >= 11 is 0. The first-order chi connectivity index (χ1) is 28.3. The summed E-state index contributed by atoms with van der Waals surface area (Å²) in [5.41, 5.74) is 24.2. The first-order valence-corrected chi connectivity index (χ1v) is 21.7. The minimum atomic E-state index is 0.0113. The molecule has 0 radical (unpaired) electrons. The molecular weight excluding hydrogens is 687 g/mol. The van der Waals surface area contributed by atoms with Gasteiger partial charge in [0.25, 0.3) is 6.71 Å². The van der Waals surface area contributed by atoms with Crippen molar-refractivity contribution in [1.82, 2.24) is 0 Å². The van der Waals surface area contributed by atoms with Crippen LogP contribution in [0.2, 0.25) is 0 Å². The fraction of sp³-hybridized carbons (Fsp3) is 0.222. The molecule has 57 heavy (non-hydrogen) atoms. The van der Waals surface area contributed by atoms with E-state index in [2.05, 4.69) is 161 Å². The third-order valence-electron chi connectivity index (χ3n) is 15.2. The van der Waals surface area contributed by atoms with Crippen LogP contribution in [0.3, 0.4) is 0 Å². The Bertz CT molecular complexity index is 2770. The monoisotopic (exact) mass is 732 g/mol. The topological polar surface area (TPSA) is 6.48 Å². The maximum absolute atomic E-state index is 2.72. The molecule has 7 aromatic carbocycles. The third-order valence-corrected chi connectivity index (χ3v) is 15.2. The summed E-state index contributed by atoms with van der Waals surface area (Å²) in [5, 5.41) is 0. The van der Waals surface area contributed by atoms with Crippen molar-refractivity contribution in [3.8, 4) is 22.3 Å². The molecule has 0 atom stereocenters. The third kappa shape index (κ3) is 4.17. The summed E-state index contributed by atoms with van der Waals surface area (Å²) in [6, 6.07) is 58.9. The Morgan fingerprint density at radius 2 is 0.947 bits per heavy atom. The molecule has 13 rings (SSSR count). The molecule has 0 saturated heterocycles. The number of benzene rings is 7. The lowest BCUT2D eigenvalue weighted by atomic mass is 9.33. The molecule has 0 amide bonds. The van der Waals surface area contributed by atoms with Gasteiger partial charge in [-0.1, -0.05) is 148 Å². The van der Waals surface area contributed by atoms with Gasteiger partial charge in [0.1, 0.15) is 0 Å². The Morgan fingerprint density at radius 1 is 0.386 bits per heavy atom. The van der Waals surface area contributed by atoms with Gasteiger partial charge in [0.05, 0.1) is 5.69 Å². The highest BCUT2D eigenvalue weighted by atomic mass is 15.2. The average Bonchev–Trinajstić information content (AvgIpc) is 3.69. The summed E-state index contributed by atoms with van der Waals surface area (Å²) in [5.74, 6) is 0. The van der Waals surface area contributed by atoms with Crippen LogP contribution in [0.25, 0.3) is 22.3 Å². The van der Waals surface area contributed by atoms with E-state index in [1.807, 2.05) is 0 Å². The minimum Gasteiger partial charge on any atom is -0.311 e. The minimum absolute atomic E-state index is 0.0113. The van der Waals surface area contributed by atoms with Gasteiger partial charge in [-0.15, -0.1) is 0 Å². The Balaban J connectivity index is 1.20.